The third kappa shape index (κ3) is 7.56. The number of fused-ring (bicyclic) bond motifs is 5. The zero-order valence-electron chi connectivity index (χ0n) is 34.5. The normalized spacial score (nSPS) is 22.1. The van der Waals surface area contributed by atoms with Crippen molar-refractivity contribution >= 4 is 24.0 Å². The average molecular weight is 807 g/mol. The molecule has 4 N–H and O–H groups in total. The molecular weight excluding hydrogens is 753 g/mol. The van der Waals surface area contributed by atoms with E-state index >= 15 is 0 Å². The highest BCUT2D eigenvalue weighted by atomic mass is 16.5. The zero-order chi connectivity index (χ0) is 41.5. The van der Waals surface area contributed by atoms with E-state index in [1.807, 2.05) is 36.0 Å². The molecule has 4 heterocycles. The van der Waals surface area contributed by atoms with E-state index in [2.05, 4.69) is 57.0 Å². The number of aromatic nitrogens is 4. The number of aromatic amines is 2. The summed E-state index contributed by atoms with van der Waals surface area (Å²) < 4.78 is 15.1. The van der Waals surface area contributed by atoms with E-state index in [0.717, 1.165) is 79.1 Å². The maximum atomic E-state index is 14.1. The molecule has 0 spiro atoms. The molecule has 1 unspecified atom stereocenters. The van der Waals surface area contributed by atoms with Crippen molar-refractivity contribution in [3.05, 3.63) is 71.6 Å². The number of carbonyl (C=O) groups is 4. The van der Waals surface area contributed by atoms with Crippen molar-refractivity contribution in [2.75, 3.05) is 27.9 Å². The van der Waals surface area contributed by atoms with Crippen LogP contribution in [0.15, 0.2) is 48.8 Å². The van der Waals surface area contributed by atoms with Gasteiger partial charge in [-0.1, -0.05) is 38.1 Å². The quantitative estimate of drug-likeness (QED) is 0.139. The van der Waals surface area contributed by atoms with Gasteiger partial charge in [0.05, 0.1) is 56.2 Å². The summed E-state index contributed by atoms with van der Waals surface area (Å²) >= 11 is 0. The fourth-order valence-electron chi connectivity index (χ4n) is 9.73. The first kappa shape index (κ1) is 40.1. The molecule has 2 aromatic carbocycles. The first-order chi connectivity index (χ1) is 28.5. The first-order valence-corrected chi connectivity index (χ1v) is 20.7. The summed E-state index contributed by atoms with van der Waals surface area (Å²) in [4.78, 5) is 72.3. The lowest BCUT2D eigenvalue weighted by Gasteiger charge is -2.37. The number of hydrogen-bond donors (Lipinski definition) is 4. The summed E-state index contributed by atoms with van der Waals surface area (Å²) in [7, 11) is 4.10. The standard InChI is InChI=1S/C44H54N8O7/c1-23(2)36(49-43(55)58-5)41(53)51-17-7-8-35(51)39-45-21-33(47-39)27-12-15-31-25(18-27)9-10-26-19-28(13-16-32(26)31)34-22-46-40(48-34)38-29-11-14-30(20-29)52(38)42(54)37(24(3)57-4)50-44(56)59-6/h12-13,15-16,18-19,21-24,29-30,35-38H,7-11,14,17,20H2,1-6H3,(H,45,47)(H,46,48)(H,49,55)(H,50,56)/t24-,29+,30?,35+,36+,37+,38+/m1/s1. The SMILES string of the molecule is COC(=O)N[C@H](C(=O)N1CCC[C@H]1c1ncc(-c2ccc3c(c2)CCc2cc(-c4cnc([C@@H]5[C@H]6CCC(C6)N5C(=O)[C@@H](NC(=O)OC)[C@@H](C)OC)[nH]4)ccc2-3)[nH]1)C(C)C. The number of carbonyl (C=O) groups excluding carboxylic acids is 4. The van der Waals surface area contributed by atoms with E-state index in [1.165, 1.54) is 43.6 Å². The number of alkyl carbamates (subject to hydrolysis) is 2. The van der Waals surface area contributed by atoms with Gasteiger partial charge in [0.25, 0.3) is 0 Å². The van der Waals surface area contributed by atoms with E-state index < -0.39 is 30.4 Å². The van der Waals surface area contributed by atoms with Gasteiger partial charge in [-0.15, -0.1) is 0 Å². The number of nitrogens with zero attached hydrogens (tertiary/aromatic N) is 4. The summed E-state index contributed by atoms with van der Waals surface area (Å²) in [5.74, 6) is 1.34. The van der Waals surface area contributed by atoms with Crippen LogP contribution in [0.3, 0.4) is 0 Å². The first-order valence-electron chi connectivity index (χ1n) is 20.7. The van der Waals surface area contributed by atoms with Crippen LogP contribution in [0.4, 0.5) is 9.59 Å². The second kappa shape index (κ2) is 16.5. The zero-order valence-corrected chi connectivity index (χ0v) is 34.5. The second-order valence-corrected chi connectivity index (χ2v) is 16.6. The van der Waals surface area contributed by atoms with Gasteiger partial charge in [-0.3, -0.25) is 9.59 Å². The van der Waals surface area contributed by atoms with Gasteiger partial charge in [0.15, 0.2) is 0 Å². The largest absolute Gasteiger partial charge is 0.453 e. The van der Waals surface area contributed by atoms with Crippen LogP contribution in [-0.2, 0) is 36.6 Å². The minimum Gasteiger partial charge on any atom is -0.453 e. The molecule has 4 amide bonds. The Morgan fingerprint density at radius 2 is 1.36 bits per heavy atom. The van der Waals surface area contributed by atoms with Crippen molar-refractivity contribution in [3.63, 3.8) is 0 Å². The lowest BCUT2D eigenvalue weighted by atomic mass is 9.83. The van der Waals surface area contributed by atoms with Gasteiger partial charge in [0.1, 0.15) is 23.7 Å². The molecule has 2 aliphatic carbocycles. The Bertz CT molecular complexity index is 2230. The Morgan fingerprint density at radius 3 is 1.95 bits per heavy atom. The summed E-state index contributed by atoms with van der Waals surface area (Å²) in [6.45, 7) is 6.18. The highest BCUT2D eigenvalue weighted by molar-refractivity contribution is 5.88. The number of nitrogens with one attached hydrogen (secondary N) is 4. The summed E-state index contributed by atoms with van der Waals surface area (Å²) in [6, 6.07) is 11.2. The number of rotatable bonds is 11. The van der Waals surface area contributed by atoms with Gasteiger partial charge in [-0.2, -0.15) is 0 Å². The average Bonchev–Trinajstić information content (AvgIpc) is 4.11. The molecule has 4 aromatic rings. The van der Waals surface area contributed by atoms with Crippen molar-refractivity contribution in [3.8, 4) is 33.6 Å². The molecule has 15 nitrogen and oxygen atoms in total. The van der Waals surface area contributed by atoms with Crippen molar-refractivity contribution in [2.24, 2.45) is 11.8 Å². The summed E-state index contributed by atoms with van der Waals surface area (Å²) in [5, 5.41) is 5.41. The molecule has 0 radical (unpaired) electrons. The number of imidazole rings is 2. The topological polar surface area (TPSA) is 184 Å². The fourth-order valence-corrected chi connectivity index (χ4v) is 9.73. The fraction of sp³-hybridized carbons (Fsp3) is 0.500. The summed E-state index contributed by atoms with van der Waals surface area (Å²) in [6.07, 6.45) is 8.09. The number of hydrogen-bond acceptors (Lipinski definition) is 9. The van der Waals surface area contributed by atoms with E-state index in [1.54, 1.807) is 6.92 Å². The molecule has 4 aliphatic rings. The Kier molecular flexibility index (Phi) is 11.2. The number of methoxy groups -OCH3 is 3. The van der Waals surface area contributed by atoms with Gasteiger partial charge < -0.3 is 44.6 Å². The van der Waals surface area contributed by atoms with E-state index in [4.69, 9.17) is 24.2 Å². The van der Waals surface area contributed by atoms with Crippen LogP contribution in [0.5, 0.6) is 0 Å². The van der Waals surface area contributed by atoms with Crippen LogP contribution in [0.2, 0.25) is 0 Å². The molecule has 15 heteroatoms. The molecule has 3 fully saturated rings. The van der Waals surface area contributed by atoms with Crippen molar-refractivity contribution in [1.82, 2.24) is 40.4 Å². The van der Waals surface area contributed by atoms with E-state index in [-0.39, 0.29) is 41.8 Å². The Morgan fingerprint density at radius 1 is 0.763 bits per heavy atom. The van der Waals surface area contributed by atoms with Crippen molar-refractivity contribution in [1.29, 1.82) is 0 Å². The number of piperidine rings is 1. The molecule has 7 atom stereocenters. The Labute approximate surface area is 344 Å². The van der Waals surface area contributed by atoms with Crippen LogP contribution in [0.1, 0.15) is 87.7 Å². The summed E-state index contributed by atoms with van der Waals surface area (Å²) in [5.41, 5.74) is 8.79. The van der Waals surface area contributed by atoms with Crippen LogP contribution >= 0.6 is 0 Å². The third-order valence-electron chi connectivity index (χ3n) is 12.9. The number of aryl methyl sites for hydroxylation is 2. The number of benzene rings is 2. The van der Waals surface area contributed by atoms with Crippen molar-refractivity contribution < 1.29 is 33.4 Å². The molecule has 312 valence electrons. The Balaban J connectivity index is 0.984. The van der Waals surface area contributed by atoms with E-state index in [0.29, 0.717) is 6.54 Å². The maximum absolute atomic E-state index is 14.1. The maximum Gasteiger partial charge on any atom is 0.407 e. The second-order valence-electron chi connectivity index (χ2n) is 16.6. The predicted molar refractivity (Wildman–Crippen MR) is 219 cm³/mol. The monoisotopic (exact) mass is 806 g/mol. The molecule has 2 bridgehead atoms. The minimum atomic E-state index is -0.887. The number of ether oxygens (including phenoxy) is 3. The number of H-pyrrole nitrogens is 2. The highest BCUT2D eigenvalue weighted by Gasteiger charge is 2.52. The molecule has 2 saturated heterocycles. The predicted octanol–water partition coefficient (Wildman–Crippen LogP) is 6.09. The van der Waals surface area contributed by atoms with E-state index in [9.17, 15) is 19.2 Å². The Hall–Kier alpha value is -5.70. The molecule has 59 heavy (non-hydrogen) atoms. The molecule has 2 aromatic heterocycles. The lowest BCUT2D eigenvalue weighted by molar-refractivity contribution is -0.141. The smallest absolute Gasteiger partial charge is 0.407 e. The van der Waals surface area contributed by atoms with Crippen LogP contribution in [0.25, 0.3) is 33.6 Å². The van der Waals surface area contributed by atoms with Gasteiger partial charge in [-0.05, 0) is 109 Å². The third-order valence-corrected chi connectivity index (χ3v) is 12.9. The van der Waals surface area contributed by atoms with Crippen LogP contribution < -0.4 is 10.6 Å². The van der Waals surface area contributed by atoms with Crippen LogP contribution in [-0.4, -0.2) is 106 Å². The van der Waals surface area contributed by atoms with Gasteiger partial charge in [0.2, 0.25) is 11.8 Å². The van der Waals surface area contributed by atoms with Crippen molar-refractivity contribution in [2.45, 2.75) is 102 Å². The number of amides is 4. The highest BCUT2D eigenvalue weighted by Crippen LogP contribution is 2.50. The molecule has 1 saturated carbocycles. The van der Waals surface area contributed by atoms with Gasteiger partial charge in [0, 0.05) is 19.7 Å². The van der Waals surface area contributed by atoms with Gasteiger partial charge in [-0.25, -0.2) is 19.6 Å². The van der Waals surface area contributed by atoms with Crippen LogP contribution in [0, 0.1) is 11.8 Å². The molecule has 2 aliphatic heterocycles. The molecule has 8 rings (SSSR count). The molecular formula is C44H54N8O7. The lowest BCUT2D eigenvalue weighted by Crippen LogP contribution is -2.56. The minimum absolute atomic E-state index is 0.0749. The number of likely N-dealkylation sites (tertiary alicyclic amines) is 2. The van der Waals surface area contributed by atoms with Gasteiger partial charge >= 0.3 is 12.2 Å².